The molecule has 1 fully saturated rings. The molecule has 2 aliphatic rings. The summed E-state index contributed by atoms with van der Waals surface area (Å²) >= 11 is 0. The zero-order valence-corrected chi connectivity index (χ0v) is 20.4. The van der Waals surface area contributed by atoms with E-state index in [1.807, 2.05) is 66.4 Å². The van der Waals surface area contributed by atoms with Crippen LogP contribution in [0, 0.1) is 0 Å². The van der Waals surface area contributed by atoms with Gasteiger partial charge >= 0.3 is 0 Å². The van der Waals surface area contributed by atoms with Gasteiger partial charge in [-0.2, -0.15) is 0 Å². The van der Waals surface area contributed by atoms with Crippen molar-refractivity contribution in [3.8, 4) is 11.5 Å². The molecule has 5 rings (SSSR count). The predicted octanol–water partition coefficient (Wildman–Crippen LogP) is 4.84. The van der Waals surface area contributed by atoms with E-state index in [1.54, 1.807) is 11.2 Å². The molecule has 8 nitrogen and oxygen atoms in total. The van der Waals surface area contributed by atoms with Gasteiger partial charge in [-0.3, -0.25) is 9.59 Å². The lowest BCUT2D eigenvalue weighted by Gasteiger charge is -2.38. The second-order valence-corrected chi connectivity index (χ2v) is 8.97. The van der Waals surface area contributed by atoms with Crippen LogP contribution in [0.4, 0.5) is 5.69 Å². The molecule has 3 aromatic rings. The number of piperidine rings is 1. The fraction of sp³-hybridized carbons (Fsp3) is 0.357. The predicted molar refractivity (Wildman–Crippen MR) is 135 cm³/mol. The van der Waals surface area contributed by atoms with Crippen molar-refractivity contribution in [2.75, 3.05) is 31.6 Å². The number of fused-ring (bicyclic) bond motifs is 1. The molecule has 0 unspecified atom stereocenters. The van der Waals surface area contributed by atoms with Crippen LogP contribution < -0.4 is 14.8 Å². The molecule has 1 atom stereocenters. The average molecular weight is 490 g/mol. The molecule has 2 aromatic carbocycles. The van der Waals surface area contributed by atoms with E-state index in [4.69, 9.17) is 13.9 Å². The molecule has 8 heteroatoms. The lowest BCUT2D eigenvalue weighted by molar-refractivity contribution is -0.134. The summed E-state index contributed by atoms with van der Waals surface area (Å²) in [5, 5.41) is 3.49. The van der Waals surface area contributed by atoms with Crippen LogP contribution >= 0.6 is 0 Å². The van der Waals surface area contributed by atoms with Crippen molar-refractivity contribution < 1.29 is 23.5 Å². The van der Waals surface area contributed by atoms with Crippen LogP contribution in [0.1, 0.15) is 54.0 Å². The third-order valence-electron chi connectivity index (χ3n) is 6.57. The van der Waals surface area contributed by atoms with E-state index in [0.717, 1.165) is 37.2 Å². The topological polar surface area (TPSA) is 84.2 Å². The van der Waals surface area contributed by atoms with Crippen LogP contribution in [-0.2, 0) is 11.3 Å². The normalized spacial score (nSPS) is 17.4. The van der Waals surface area contributed by atoms with Crippen molar-refractivity contribution in [2.24, 2.45) is 0 Å². The first-order valence-corrected chi connectivity index (χ1v) is 12.5. The van der Waals surface area contributed by atoms with E-state index in [-0.39, 0.29) is 18.4 Å². The van der Waals surface area contributed by atoms with Gasteiger partial charge in [0.15, 0.2) is 18.1 Å². The van der Waals surface area contributed by atoms with Gasteiger partial charge in [0.2, 0.25) is 0 Å². The number of furan rings is 1. The first kappa shape index (κ1) is 23.8. The average Bonchev–Trinajstić information content (AvgIpc) is 3.43. The molecule has 0 saturated carbocycles. The van der Waals surface area contributed by atoms with Crippen molar-refractivity contribution >= 4 is 17.5 Å². The Morgan fingerprint density at radius 2 is 1.86 bits per heavy atom. The van der Waals surface area contributed by atoms with Gasteiger partial charge < -0.3 is 29.0 Å². The molecule has 1 N–H and O–H groups in total. The maximum atomic E-state index is 13.5. The molecule has 0 bridgehead atoms. The zero-order chi connectivity index (χ0) is 24.9. The Kier molecular flexibility index (Phi) is 7.11. The van der Waals surface area contributed by atoms with E-state index in [9.17, 15) is 9.59 Å². The number of rotatable bonds is 8. The third-order valence-corrected chi connectivity index (χ3v) is 6.57. The van der Waals surface area contributed by atoms with E-state index in [1.165, 1.54) is 6.42 Å². The first-order valence-electron chi connectivity index (χ1n) is 12.5. The van der Waals surface area contributed by atoms with Crippen LogP contribution in [0.5, 0.6) is 11.5 Å². The van der Waals surface area contributed by atoms with Gasteiger partial charge in [0, 0.05) is 18.8 Å². The molecule has 36 heavy (non-hydrogen) atoms. The van der Waals surface area contributed by atoms with Gasteiger partial charge in [-0.25, -0.2) is 0 Å². The monoisotopic (exact) mass is 489 g/mol. The highest BCUT2D eigenvalue weighted by Crippen LogP contribution is 2.38. The van der Waals surface area contributed by atoms with Crippen LogP contribution in [0.3, 0.4) is 0 Å². The number of carbonyl (C=O) groups is 2. The first-order chi connectivity index (χ1) is 17.6. The van der Waals surface area contributed by atoms with Crippen molar-refractivity contribution in [3.63, 3.8) is 0 Å². The number of anilines is 1. The number of carbonyl (C=O) groups excluding carboxylic acids is 2. The molecule has 1 saturated heterocycles. The summed E-state index contributed by atoms with van der Waals surface area (Å²) in [4.78, 5) is 29.7. The van der Waals surface area contributed by atoms with Gasteiger partial charge in [-0.05, 0) is 68.1 Å². The van der Waals surface area contributed by atoms with Crippen LogP contribution in [-0.4, -0.2) is 47.9 Å². The van der Waals surface area contributed by atoms with Gasteiger partial charge in [-0.1, -0.05) is 18.2 Å². The summed E-state index contributed by atoms with van der Waals surface area (Å²) < 4.78 is 17.3. The standard InChI is InChI=1S/C28H31N3O5/c1-2-34-25-17-20(12-13-24(25)36-19-26(32)30-14-6-3-7-15-30)27-29-23-11-5-4-10-22(23)28(33)31(27)18-21-9-8-16-35-21/h4-5,8-13,16-17,27,29H,2-3,6-7,14-15,18-19H2,1H3/t27-/m0/s1. The molecule has 1 aromatic heterocycles. The zero-order valence-electron chi connectivity index (χ0n) is 20.4. The van der Waals surface area contributed by atoms with Crippen molar-refractivity contribution in [2.45, 2.75) is 38.9 Å². The van der Waals surface area contributed by atoms with Gasteiger partial charge in [0.25, 0.3) is 11.8 Å². The highest BCUT2D eigenvalue weighted by Gasteiger charge is 2.34. The van der Waals surface area contributed by atoms with E-state index < -0.39 is 6.17 Å². The molecule has 3 heterocycles. The van der Waals surface area contributed by atoms with Crippen LogP contribution in [0.25, 0.3) is 0 Å². The number of likely N-dealkylation sites (tertiary alicyclic amines) is 1. The molecule has 188 valence electrons. The van der Waals surface area contributed by atoms with Crippen LogP contribution in [0.2, 0.25) is 0 Å². The fourth-order valence-corrected chi connectivity index (χ4v) is 4.75. The number of nitrogens with one attached hydrogen (secondary N) is 1. The number of nitrogens with zero attached hydrogens (tertiary/aromatic N) is 2. The van der Waals surface area contributed by atoms with E-state index in [0.29, 0.717) is 36.0 Å². The number of amides is 2. The number of benzene rings is 2. The Bertz CT molecular complexity index is 1200. The quantitative estimate of drug-likeness (QED) is 0.488. The minimum Gasteiger partial charge on any atom is -0.490 e. The Labute approximate surface area is 210 Å². The molecule has 0 radical (unpaired) electrons. The highest BCUT2D eigenvalue weighted by atomic mass is 16.5. The SMILES string of the molecule is CCOc1cc([C@H]2Nc3ccccc3C(=O)N2Cc2ccco2)ccc1OCC(=O)N1CCCCC1. The van der Waals surface area contributed by atoms with Crippen molar-refractivity contribution in [3.05, 3.63) is 77.7 Å². The minimum absolute atomic E-state index is 0.0120. The summed E-state index contributed by atoms with van der Waals surface area (Å²) in [5.41, 5.74) is 2.22. The fourth-order valence-electron chi connectivity index (χ4n) is 4.75. The molecule has 2 aliphatic heterocycles. The summed E-state index contributed by atoms with van der Waals surface area (Å²) in [7, 11) is 0. The maximum Gasteiger partial charge on any atom is 0.260 e. The molecule has 0 spiro atoms. The second kappa shape index (κ2) is 10.8. The molecule has 0 aliphatic carbocycles. The summed E-state index contributed by atoms with van der Waals surface area (Å²) in [6.45, 7) is 4.19. The summed E-state index contributed by atoms with van der Waals surface area (Å²) in [6, 6.07) is 16.7. The lowest BCUT2D eigenvalue weighted by atomic mass is 10.0. The van der Waals surface area contributed by atoms with E-state index >= 15 is 0 Å². The minimum atomic E-state index is -0.444. The smallest absolute Gasteiger partial charge is 0.260 e. The molecular weight excluding hydrogens is 458 g/mol. The third kappa shape index (κ3) is 5.03. The number of ether oxygens (including phenoxy) is 2. The van der Waals surface area contributed by atoms with Gasteiger partial charge in [0.05, 0.1) is 25.0 Å². The van der Waals surface area contributed by atoms with Crippen LogP contribution in [0.15, 0.2) is 65.3 Å². The van der Waals surface area contributed by atoms with Crippen molar-refractivity contribution in [1.29, 1.82) is 0 Å². The maximum absolute atomic E-state index is 13.5. The number of hydrogen-bond acceptors (Lipinski definition) is 6. The van der Waals surface area contributed by atoms with E-state index in [2.05, 4.69) is 5.32 Å². The Balaban J connectivity index is 1.40. The number of hydrogen-bond donors (Lipinski definition) is 1. The van der Waals surface area contributed by atoms with Gasteiger partial charge in [0.1, 0.15) is 11.9 Å². The molecule has 2 amide bonds. The second-order valence-electron chi connectivity index (χ2n) is 8.97. The Morgan fingerprint density at radius 3 is 2.64 bits per heavy atom. The summed E-state index contributed by atoms with van der Waals surface area (Å²) in [6.07, 6.45) is 4.40. The van der Waals surface area contributed by atoms with Crippen molar-refractivity contribution in [1.82, 2.24) is 9.80 Å². The highest BCUT2D eigenvalue weighted by molar-refractivity contribution is 6.01. The number of para-hydroxylation sites is 1. The molecular formula is C28H31N3O5. The van der Waals surface area contributed by atoms with Gasteiger partial charge in [-0.15, -0.1) is 0 Å². The lowest BCUT2D eigenvalue weighted by Crippen LogP contribution is -2.42. The largest absolute Gasteiger partial charge is 0.490 e. The Hall–Kier alpha value is -3.94. The summed E-state index contributed by atoms with van der Waals surface area (Å²) in [5.74, 6) is 1.63. The Morgan fingerprint density at radius 1 is 1.03 bits per heavy atom.